The number of hydrogen-bond acceptors (Lipinski definition) is 3. The molecule has 2 N–H and O–H groups in total. The van der Waals surface area contributed by atoms with Gasteiger partial charge in [-0.15, -0.1) is 24.0 Å². The van der Waals surface area contributed by atoms with Gasteiger partial charge in [-0.3, -0.25) is 0 Å². The molecule has 0 fully saturated rings. The minimum absolute atomic E-state index is 0. The van der Waals surface area contributed by atoms with Gasteiger partial charge in [0.1, 0.15) is 0 Å². The first-order chi connectivity index (χ1) is 6.05. The van der Waals surface area contributed by atoms with E-state index in [2.05, 4.69) is 4.99 Å². The van der Waals surface area contributed by atoms with Crippen LogP contribution in [0.5, 0.6) is 0 Å². The molecule has 0 amide bonds. The summed E-state index contributed by atoms with van der Waals surface area (Å²) in [5.41, 5.74) is -0.203. The Balaban J connectivity index is 0. The van der Waals surface area contributed by atoms with E-state index in [1.54, 1.807) is 0 Å². The van der Waals surface area contributed by atoms with E-state index in [0.717, 1.165) is 6.21 Å². The summed E-state index contributed by atoms with van der Waals surface area (Å²) < 4.78 is 36.2. The molecule has 0 saturated heterocycles. The molecule has 3 nitrogen and oxygen atoms in total. The summed E-state index contributed by atoms with van der Waals surface area (Å²) in [5.74, 6) is 0. The van der Waals surface area contributed by atoms with Gasteiger partial charge in [0, 0.05) is 6.21 Å². The molecule has 0 spiro atoms. The normalized spacial score (nSPS) is 11.8. The van der Waals surface area contributed by atoms with Crippen molar-refractivity contribution >= 4 is 42.1 Å². The molecule has 0 aliphatic heterocycles. The number of nitrogens with zero attached hydrogens (tertiary/aromatic N) is 1. The zero-order valence-corrected chi connectivity index (χ0v) is 9.60. The third-order valence-electron chi connectivity index (χ3n) is 1.18. The van der Waals surface area contributed by atoms with Crippen LogP contribution in [0.1, 0.15) is 12.8 Å². The van der Waals surface area contributed by atoms with Crippen LogP contribution in [0.4, 0.5) is 13.2 Å². The lowest BCUT2D eigenvalue weighted by Gasteiger charge is -2.07. The minimum atomic E-state index is -3.74. The molecule has 0 aliphatic rings. The molecule has 0 bridgehead atoms. The van der Waals surface area contributed by atoms with Gasteiger partial charge in [-0.05, 0) is 19.1 Å². The van der Waals surface area contributed by atoms with E-state index in [-0.39, 0.29) is 42.5 Å². The number of hydrogen-bond donors (Lipinski definition) is 2. The number of halogens is 4. The van der Waals surface area contributed by atoms with Gasteiger partial charge < -0.3 is 10.8 Å². The van der Waals surface area contributed by atoms with Crippen LogP contribution in [0, 0.1) is 10.8 Å². The number of aliphatic imine (C=N–C) groups is 1. The number of alkyl halides is 3. The molecule has 7 heteroatoms. The predicted octanol–water partition coefficient (Wildman–Crippen LogP) is 2.69. The molecular formula is C7H11F3IN3. The van der Waals surface area contributed by atoms with Crippen molar-refractivity contribution in [3.8, 4) is 0 Å². The standard InChI is InChI=1S/C7H10F3N3.HI/c8-5-7(9,10)13-6(4-12)2-1-3-11;/h3-4,11-12H,1-2,5H2;1H/b11-3?,12-4?,13-6-;. The fraction of sp³-hybridized carbons (Fsp3) is 0.571. The van der Waals surface area contributed by atoms with Crippen LogP contribution >= 0.6 is 24.0 Å². The summed E-state index contributed by atoms with van der Waals surface area (Å²) in [5, 5.41) is 13.3. The first-order valence-electron chi connectivity index (χ1n) is 3.57. The second-order valence-electron chi connectivity index (χ2n) is 2.29. The molecule has 0 aromatic rings. The molecule has 0 atom stereocenters. The second-order valence-corrected chi connectivity index (χ2v) is 2.29. The first-order valence-corrected chi connectivity index (χ1v) is 3.57. The Hall–Kier alpha value is -0.470. The van der Waals surface area contributed by atoms with Crippen molar-refractivity contribution in [2.45, 2.75) is 18.9 Å². The molecule has 0 aromatic heterocycles. The second kappa shape index (κ2) is 7.89. The van der Waals surface area contributed by atoms with Crippen LogP contribution in [-0.4, -0.2) is 30.9 Å². The van der Waals surface area contributed by atoms with Crippen LogP contribution in [0.15, 0.2) is 4.99 Å². The smallest absolute Gasteiger partial charge is 0.313 e. The summed E-state index contributed by atoms with van der Waals surface area (Å²) in [6, 6.07) is -3.74. The fourth-order valence-corrected chi connectivity index (χ4v) is 0.620. The zero-order valence-electron chi connectivity index (χ0n) is 7.27. The monoisotopic (exact) mass is 321 g/mol. The molecule has 0 heterocycles. The maximum Gasteiger partial charge on any atom is 0.370 e. The SMILES string of the molecule is I.N=CCC/C(C=N)=N/C(F)(F)CF. The molecule has 0 rings (SSSR count). The van der Waals surface area contributed by atoms with Crippen molar-refractivity contribution in [2.24, 2.45) is 4.99 Å². The zero-order chi connectivity index (χ0) is 10.3. The van der Waals surface area contributed by atoms with E-state index in [1.807, 2.05) is 0 Å². The maximum absolute atomic E-state index is 12.3. The fourth-order valence-electron chi connectivity index (χ4n) is 0.620. The Bertz CT molecular complexity index is 218. The highest BCUT2D eigenvalue weighted by molar-refractivity contribution is 14.0. The van der Waals surface area contributed by atoms with Crippen LogP contribution in [-0.2, 0) is 0 Å². The van der Waals surface area contributed by atoms with Crippen molar-refractivity contribution in [1.82, 2.24) is 0 Å². The van der Waals surface area contributed by atoms with Gasteiger partial charge in [0.2, 0.25) is 0 Å². The molecule has 0 aliphatic carbocycles. The van der Waals surface area contributed by atoms with Gasteiger partial charge >= 0.3 is 6.05 Å². The van der Waals surface area contributed by atoms with Crippen LogP contribution in [0.25, 0.3) is 0 Å². The van der Waals surface area contributed by atoms with Gasteiger partial charge in [-0.25, -0.2) is 9.38 Å². The Morgan fingerprint density at radius 3 is 2.29 bits per heavy atom. The van der Waals surface area contributed by atoms with E-state index in [1.165, 1.54) is 0 Å². The van der Waals surface area contributed by atoms with Gasteiger partial charge in [-0.1, -0.05) is 0 Å². The average molecular weight is 321 g/mol. The van der Waals surface area contributed by atoms with Crippen molar-refractivity contribution in [3.63, 3.8) is 0 Å². The van der Waals surface area contributed by atoms with E-state index in [0.29, 0.717) is 6.21 Å². The van der Waals surface area contributed by atoms with Crippen molar-refractivity contribution in [2.75, 3.05) is 6.67 Å². The third kappa shape index (κ3) is 6.98. The molecule has 82 valence electrons. The summed E-state index contributed by atoms with van der Waals surface area (Å²) in [7, 11) is 0. The molecule has 0 saturated carbocycles. The topological polar surface area (TPSA) is 60.1 Å². The maximum atomic E-state index is 12.3. The van der Waals surface area contributed by atoms with Gasteiger partial charge in [0.15, 0.2) is 6.67 Å². The summed E-state index contributed by atoms with van der Waals surface area (Å²) in [4.78, 5) is 2.74. The Morgan fingerprint density at radius 2 is 1.93 bits per heavy atom. The Kier molecular flexibility index (Phi) is 9.01. The van der Waals surface area contributed by atoms with E-state index < -0.39 is 12.7 Å². The molecular weight excluding hydrogens is 310 g/mol. The van der Waals surface area contributed by atoms with Crippen molar-refractivity contribution in [1.29, 1.82) is 10.8 Å². The average Bonchev–Trinajstić information content (AvgIpc) is 2.12. The van der Waals surface area contributed by atoms with Crippen LogP contribution in [0.3, 0.4) is 0 Å². The van der Waals surface area contributed by atoms with Crippen LogP contribution in [0.2, 0.25) is 0 Å². The van der Waals surface area contributed by atoms with E-state index in [4.69, 9.17) is 10.8 Å². The van der Waals surface area contributed by atoms with Crippen molar-refractivity contribution < 1.29 is 13.2 Å². The lowest BCUT2D eigenvalue weighted by atomic mass is 10.2. The van der Waals surface area contributed by atoms with Crippen molar-refractivity contribution in [3.05, 3.63) is 0 Å². The Labute approximate surface area is 96.8 Å². The molecule has 0 aromatic carbocycles. The minimum Gasteiger partial charge on any atom is -0.313 e. The summed E-state index contributed by atoms with van der Waals surface area (Å²) >= 11 is 0. The largest absolute Gasteiger partial charge is 0.370 e. The van der Waals surface area contributed by atoms with E-state index >= 15 is 0 Å². The lowest BCUT2D eigenvalue weighted by molar-refractivity contribution is -0.0128. The lowest BCUT2D eigenvalue weighted by Crippen LogP contribution is -2.18. The number of nitrogens with one attached hydrogen (secondary N) is 2. The molecule has 0 unspecified atom stereocenters. The highest BCUT2D eigenvalue weighted by atomic mass is 127. The number of rotatable bonds is 6. The summed E-state index contributed by atoms with van der Waals surface area (Å²) in [6.45, 7) is -1.87. The molecule has 0 radical (unpaired) electrons. The van der Waals surface area contributed by atoms with E-state index in [9.17, 15) is 13.2 Å². The third-order valence-corrected chi connectivity index (χ3v) is 1.18. The summed E-state index contributed by atoms with van der Waals surface area (Å²) in [6.07, 6.45) is 1.94. The van der Waals surface area contributed by atoms with Gasteiger partial charge in [-0.2, -0.15) is 8.78 Å². The molecule has 14 heavy (non-hydrogen) atoms. The van der Waals surface area contributed by atoms with Gasteiger partial charge in [0.25, 0.3) is 0 Å². The van der Waals surface area contributed by atoms with Gasteiger partial charge in [0.05, 0.1) is 5.71 Å². The highest BCUT2D eigenvalue weighted by Gasteiger charge is 2.27. The van der Waals surface area contributed by atoms with Crippen LogP contribution < -0.4 is 0 Å². The Morgan fingerprint density at radius 1 is 1.36 bits per heavy atom. The first kappa shape index (κ1) is 16.0. The quantitative estimate of drug-likeness (QED) is 0.429. The highest BCUT2D eigenvalue weighted by Crippen LogP contribution is 2.16. The predicted molar refractivity (Wildman–Crippen MR) is 60.6 cm³/mol.